The lowest BCUT2D eigenvalue weighted by Gasteiger charge is -2.23. The second-order valence-electron chi connectivity index (χ2n) is 6.26. The summed E-state index contributed by atoms with van der Waals surface area (Å²) in [5, 5.41) is 2.95. The summed E-state index contributed by atoms with van der Waals surface area (Å²) in [4.78, 5) is 27.3. The highest BCUT2D eigenvalue weighted by atomic mass is 16.5. The van der Waals surface area contributed by atoms with Gasteiger partial charge in [0, 0.05) is 18.8 Å². The van der Waals surface area contributed by atoms with Crippen LogP contribution in [0, 0.1) is 0 Å². The normalized spacial score (nSPS) is 21.7. The third-order valence-corrected chi connectivity index (χ3v) is 5.02. The number of hydrogen-bond donors (Lipinski definition) is 1. The minimum atomic E-state index is -0.631. The molecule has 0 bridgehead atoms. The Bertz CT molecular complexity index is 833. The summed E-state index contributed by atoms with van der Waals surface area (Å²) < 4.78 is 5.29. The molecule has 0 saturated carbocycles. The Kier molecular flexibility index (Phi) is 3.30. The van der Waals surface area contributed by atoms with Crippen molar-refractivity contribution in [1.82, 2.24) is 4.90 Å². The SMILES string of the molecule is COc1ccccc1C(=O)N1CC[C@@]2(C1)C(=O)Nc1ccccc12. The van der Waals surface area contributed by atoms with E-state index in [1.807, 2.05) is 36.4 Å². The monoisotopic (exact) mass is 322 g/mol. The third-order valence-electron chi connectivity index (χ3n) is 5.02. The molecule has 0 unspecified atom stereocenters. The molecule has 2 aromatic carbocycles. The molecule has 24 heavy (non-hydrogen) atoms. The van der Waals surface area contributed by atoms with E-state index in [1.165, 1.54) is 0 Å². The first-order chi connectivity index (χ1) is 11.7. The number of methoxy groups -OCH3 is 1. The van der Waals surface area contributed by atoms with Gasteiger partial charge in [-0.05, 0) is 30.2 Å². The number of ether oxygens (including phenoxy) is 1. The van der Waals surface area contributed by atoms with Crippen molar-refractivity contribution in [3.63, 3.8) is 0 Å². The number of para-hydroxylation sites is 2. The fourth-order valence-electron chi connectivity index (χ4n) is 3.75. The van der Waals surface area contributed by atoms with E-state index in [9.17, 15) is 9.59 Å². The Morgan fingerprint density at radius 2 is 1.92 bits per heavy atom. The van der Waals surface area contributed by atoms with Crippen LogP contribution in [-0.2, 0) is 10.2 Å². The van der Waals surface area contributed by atoms with Crippen molar-refractivity contribution in [2.24, 2.45) is 0 Å². The topological polar surface area (TPSA) is 58.6 Å². The molecule has 122 valence electrons. The number of benzene rings is 2. The van der Waals surface area contributed by atoms with Gasteiger partial charge in [-0.1, -0.05) is 30.3 Å². The van der Waals surface area contributed by atoms with Gasteiger partial charge in [-0.15, -0.1) is 0 Å². The Morgan fingerprint density at radius 1 is 1.17 bits per heavy atom. The van der Waals surface area contributed by atoms with Crippen LogP contribution < -0.4 is 10.1 Å². The molecule has 0 radical (unpaired) electrons. The molecule has 2 amide bonds. The molecule has 1 spiro atoms. The molecule has 1 N–H and O–H groups in total. The van der Waals surface area contributed by atoms with Crippen molar-refractivity contribution >= 4 is 17.5 Å². The molecule has 5 nitrogen and oxygen atoms in total. The van der Waals surface area contributed by atoms with Crippen molar-refractivity contribution in [3.05, 3.63) is 59.7 Å². The number of fused-ring (bicyclic) bond motifs is 2. The van der Waals surface area contributed by atoms with Crippen LogP contribution in [0.15, 0.2) is 48.5 Å². The number of hydrogen-bond acceptors (Lipinski definition) is 3. The number of carbonyl (C=O) groups is 2. The van der Waals surface area contributed by atoms with E-state index in [2.05, 4.69) is 5.32 Å². The van der Waals surface area contributed by atoms with Crippen molar-refractivity contribution in [2.45, 2.75) is 11.8 Å². The average molecular weight is 322 g/mol. The van der Waals surface area contributed by atoms with Gasteiger partial charge in [0.2, 0.25) is 5.91 Å². The molecule has 5 heteroatoms. The zero-order valence-electron chi connectivity index (χ0n) is 13.4. The van der Waals surface area contributed by atoms with E-state index < -0.39 is 5.41 Å². The van der Waals surface area contributed by atoms with E-state index >= 15 is 0 Å². The first-order valence-corrected chi connectivity index (χ1v) is 7.99. The van der Waals surface area contributed by atoms with Crippen LogP contribution in [0.3, 0.4) is 0 Å². The van der Waals surface area contributed by atoms with Gasteiger partial charge in [-0.2, -0.15) is 0 Å². The van der Waals surface area contributed by atoms with Gasteiger partial charge in [0.25, 0.3) is 5.91 Å². The molecule has 1 fully saturated rings. The molecule has 2 heterocycles. The zero-order valence-corrected chi connectivity index (χ0v) is 13.4. The number of nitrogens with zero attached hydrogens (tertiary/aromatic N) is 1. The number of nitrogens with one attached hydrogen (secondary N) is 1. The van der Waals surface area contributed by atoms with E-state index in [0.29, 0.717) is 30.8 Å². The van der Waals surface area contributed by atoms with E-state index in [-0.39, 0.29) is 11.8 Å². The number of anilines is 1. The molecule has 1 atom stereocenters. The van der Waals surface area contributed by atoms with Gasteiger partial charge in [0.05, 0.1) is 18.1 Å². The number of rotatable bonds is 2. The quantitative estimate of drug-likeness (QED) is 0.924. The maximum Gasteiger partial charge on any atom is 0.257 e. The molecule has 2 aliphatic rings. The predicted octanol–water partition coefficient (Wildman–Crippen LogP) is 2.43. The lowest BCUT2D eigenvalue weighted by molar-refractivity contribution is -0.120. The second-order valence-corrected chi connectivity index (χ2v) is 6.26. The molecular formula is C19H18N2O3. The van der Waals surface area contributed by atoms with Crippen LogP contribution >= 0.6 is 0 Å². The van der Waals surface area contributed by atoms with Gasteiger partial charge in [-0.25, -0.2) is 0 Å². The summed E-state index contributed by atoms with van der Waals surface area (Å²) in [5.41, 5.74) is 1.75. The highest BCUT2D eigenvalue weighted by molar-refractivity contribution is 6.07. The summed E-state index contributed by atoms with van der Waals surface area (Å²) in [6.07, 6.45) is 0.636. The molecule has 4 rings (SSSR count). The predicted molar refractivity (Wildman–Crippen MR) is 90.3 cm³/mol. The van der Waals surface area contributed by atoms with Gasteiger partial charge in [-0.3, -0.25) is 9.59 Å². The van der Waals surface area contributed by atoms with Crippen molar-refractivity contribution in [2.75, 3.05) is 25.5 Å². The minimum absolute atomic E-state index is 0.0148. The Hall–Kier alpha value is -2.82. The number of carbonyl (C=O) groups excluding carboxylic acids is 2. The van der Waals surface area contributed by atoms with Crippen LogP contribution in [0.5, 0.6) is 5.75 Å². The van der Waals surface area contributed by atoms with Gasteiger partial charge in [0.15, 0.2) is 0 Å². The van der Waals surface area contributed by atoms with Crippen LogP contribution in [-0.4, -0.2) is 36.9 Å². The molecule has 2 aromatic rings. The second kappa shape index (κ2) is 5.37. The maximum absolute atomic E-state index is 12.9. The van der Waals surface area contributed by atoms with Crippen LogP contribution in [0.1, 0.15) is 22.3 Å². The molecular weight excluding hydrogens is 304 g/mol. The summed E-state index contributed by atoms with van der Waals surface area (Å²) in [6, 6.07) is 14.9. The summed E-state index contributed by atoms with van der Waals surface area (Å²) in [5.74, 6) is 0.445. The first-order valence-electron chi connectivity index (χ1n) is 7.99. The molecule has 0 aliphatic carbocycles. The van der Waals surface area contributed by atoms with Gasteiger partial charge in [0.1, 0.15) is 5.75 Å². The molecule has 0 aromatic heterocycles. The van der Waals surface area contributed by atoms with Crippen molar-refractivity contribution in [3.8, 4) is 5.75 Å². The van der Waals surface area contributed by atoms with Crippen LogP contribution in [0.25, 0.3) is 0 Å². The lowest BCUT2D eigenvalue weighted by Crippen LogP contribution is -2.39. The van der Waals surface area contributed by atoms with Crippen molar-refractivity contribution in [1.29, 1.82) is 0 Å². The van der Waals surface area contributed by atoms with Gasteiger partial charge >= 0.3 is 0 Å². The first kappa shape index (κ1) is 14.8. The van der Waals surface area contributed by atoms with E-state index in [4.69, 9.17) is 4.74 Å². The lowest BCUT2D eigenvalue weighted by atomic mass is 9.81. The Balaban J connectivity index is 1.66. The Labute approximate surface area is 140 Å². The molecule has 1 saturated heterocycles. The summed E-state index contributed by atoms with van der Waals surface area (Å²) in [6.45, 7) is 0.950. The molecule has 2 aliphatic heterocycles. The highest BCUT2D eigenvalue weighted by Gasteiger charge is 2.52. The van der Waals surface area contributed by atoms with Crippen molar-refractivity contribution < 1.29 is 14.3 Å². The standard InChI is InChI=1S/C19H18N2O3/c1-24-16-9-5-2-6-13(16)17(22)21-11-10-19(12-21)14-7-3-4-8-15(14)20-18(19)23/h2-9H,10-12H2,1H3,(H,20,23)/t19-/m0/s1. The number of likely N-dealkylation sites (tertiary alicyclic amines) is 1. The van der Waals surface area contributed by atoms with E-state index in [0.717, 1.165) is 11.3 Å². The smallest absolute Gasteiger partial charge is 0.257 e. The highest BCUT2D eigenvalue weighted by Crippen LogP contribution is 2.44. The average Bonchev–Trinajstić information content (AvgIpc) is 3.18. The zero-order chi connectivity index (χ0) is 16.7. The van der Waals surface area contributed by atoms with E-state index in [1.54, 1.807) is 24.1 Å². The summed E-state index contributed by atoms with van der Waals surface area (Å²) in [7, 11) is 1.55. The van der Waals surface area contributed by atoms with Crippen LogP contribution in [0.4, 0.5) is 5.69 Å². The van der Waals surface area contributed by atoms with Gasteiger partial charge < -0.3 is 15.0 Å². The van der Waals surface area contributed by atoms with Crippen LogP contribution in [0.2, 0.25) is 0 Å². The summed E-state index contributed by atoms with van der Waals surface area (Å²) >= 11 is 0. The fourth-order valence-corrected chi connectivity index (χ4v) is 3.75. The minimum Gasteiger partial charge on any atom is -0.496 e. The third kappa shape index (κ3) is 2.01. The number of amides is 2. The Morgan fingerprint density at radius 3 is 2.75 bits per heavy atom. The largest absolute Gasteiger partial charge is 0.496 e. The fraction of sp³-hybridized carbons (Fsp3) is 0.263. The maximum atomic E-state index is 12.9.